The summed E-state index contributed by atoms with van der Waals surface area (Å²) >= 11 is -0.433. The van der Waals surface area contributed by atoms with Crippen molar-refractivity contribution in [2.24, 2.45) is 0 Å². The van der Waals surface area contributed by atoms with Gasteiger partial charge in [0.2, 0.25) is 0 Å². The van der Waals surface area contributed by atoms with Gasteiger partial charge in [-0.3, -0.25) is 0 Å². The van der Waals surface area contributed by atoms with Crippen LogP contribution in [0.3, 0.4) is 0 Å². The maximum atomic E-state index is 2.25. The number of hydrogen-bond donors (Lipinski definition) is 0. The van der Waals surface area contributed by atoms with Gasteiger partial charge in [0.05, 0.1) is 0 Å². The van der Waals surface area contributed by atoms with Crippen LogP contribution in [0.15, 0.2) is 60.7 Å². The fourth-order valence-corrected chi connectivity index (χ4v) is 5.50. The predicted molar refractivity (Wildman–Crippen MR) is 67.2 cm³/mol. The third-order valence-corrected chi connectivity index (χ3v) is 6.78. The summed E-state index contributed by atoms with van der Waals surface area (Å²) in [4.78, 5) is 0. The van der Waals surface area contributed by atoms with Gasteiger partial charge in [-0.25, -0.2) is 0 Å². The van der Waals surface area contributed by atoms with Crippen molar-refractivity contribution in [2.75, 3.05) is 0 Å². The van der Waals surface area contributed by atoms with Crippen LogP contribution in [0.2, 0.25) is 0 Å². The van der Waals surface area contributed by atoms with Crippen LogP contribution in [0.25, 0.3) is 0 Å². The standard InChI is InChI=1S/2C7H7.In.H/c2*1-7-5-3-2-4-6-7;;/h2*2-6H,1H2;;/q;;;-1. The molecule has 2 aromatic rings. The van der Waals surface area contributed by atoms with E-state index in [0.717, 1.165) is 0 Å². The van der Waals surface area contributed by atoms with Crippen LogP contribution < -0.4 is 0 Å². The second kappa shape index (κ2) is 6.02. The van der Waals surface area contributed by atoms with Gasteiger partial charge < -0.3 is 1.43 Å². The Morgan fingerprint density at radius 2 is 1.07 bits per heavy atom. The summed E-state index contributed by atoms with van der Waals surface area (Å²) in [6.45, 7) is 0. The van der Waals surface area contributed by atoms with Crippen LogP contribution in [0.1, 0.15) is 12.6 Å². The number of benzene rings is 2. The van der Waals surface area contributed by atoms with E-state index >= 15 is 0 Å². The van der Waals surface area contributed by atoms with Crippen LogP contribution in [-0.4, -0.2) is 22.9 Å². The Labute approximate surface area is 104 Å². The summed E-state index contributed by atoms with van der Waals surface area (Å²) in [5, 5.41) is 0. The molecule has 75 valence electrons. The average Bonchev–Trinajstić information content (AvgIpc) is 2.32. The zero-order valence-corrected chi connectivity index (χ0v) is 12.1. The molecule has 0 nitrogen and oxygen atoms in total. The number of hydrogen-bond acceptors (Lipinski definition) is 0. The van der Waals surface area contributed by atoms with E-state index in [1.54, 1.807) is 0 Å². The first-order chi connectivity index (χ1) is 7.45. The van der Waals surface area contributed by atoms with Crippen molar-refractivity contribution >= 4 is 22.9 Å². The molecule has 0 aromatic heterocycles. The van der Waals surface area contributed by atoms with Crippen LogP contribution in [0, 0.1) is 0 Å². The third-order valence-electron chi connectivity index (χ3n) is 2.45. The van der Waals surface area contributed by atoms with Crippen molar-refractivity contribution in [3.05, 3.63) is 71.8 Å². The van der Waals surface area contributed by atoms with Gasteiger partial charge in [-0.1, -0.05) is 0 Å². The average molecular weight is 298 g/mol. The molecule has 0 heterocycles. The van der Waals surface area contributed by atoms with E-state index < -0.39 is 22.9 Å². The number of rotatable bonds is 4. The SMILES string of the molecule is [H-].c1ccc([CH2][In][CH2]c2ccccc2)cc1. The van der Waals surface area contributed by atoms with Gasteiger partial charge >= 0.3 is 103 Å². The molecule has 1 heteroatoms. The monoisotopic (exact) mass is 298 g/mol. The van der Waals surface area contributed by atoms with Crippen molar-refractivity contribution in [2.45, 2.75) is 8.35 Å². The van der Waals surface area contributed by atoms with Crippen molar-refractivity contribution in [3.8, 4) is 0 Å². The molecular formula is C14H15In-. The Balaban J connectivity index is 0.00000128. The Hall–Kier alpha value is -0.690. The molecule has 0 atom stereocenters. The third kappa shape index (κ3) is 3.75. The fourth-order valence-electron chi connectivity index (χ4n) is 1.63. The van der Waals surface area contributed by atoms with Gasteiger partial charge in [-0.15, -0.1) is 0 Å². The van der Waals surface area contributed by atoms with E-state index in [-0.39, 0.29) is 1.43 Å². The van der Waals surface area contributed by atoms with Crippen molar-refractivity contribution in [3.63, 3.8) is 0 Å². The molecule has 0 bridgehead atoms. The molecule has 2 rings (SSSR count). The maximum absolute atomic E-state index is 2.25. The Morgan fingerprint density at radius 3 is 1.47 bits per heavy atom. The second-order valence-corrected chi connectivity index (χ2v) is 7.65. The molecule has 0 aliphatic heterocycles. The van der Waals surface area contributed by atoms with Gasteiger partial charge in [-0.05, 0) is 0 Å². The minimum atomic E-state index is -0.433. The first kappa shape index (κ1) is 10.8. The van der Waals surface area contributed by atoms with Gasteiger partial charge in [-0.2, -0.15) is 0 Å². The van der Waals surface area contributed by atoms with Crippen LogP contribution in [-0.2, 0) is 8.35 Å². The Kier molecular flexibility index (Phi) is 4.34. The molecular weight excluding hydrogens is 283 g/mol. The van der Waals surface area contributed by atoms with Gasteiger partial charge in [0.1, 0.15) is 0 Å². The van der Waals surface area contributed by atoms with Gasteiger partial charge in [0.25, 0.3) is 0 Å². The molecule has 0 amide bonds. The topological polar surface area (TPSA) is 0 Å². The predicted octanol–water partition coefficient (Wildman–Crippen LogP) is 3.20. The quantitative estimate of drug-likeness (QED) is 0.813. The van der Waals surface area contributed by atoms with Crippen LogP contribution in [0.5, 0.6) is 0 Å². The first-order valence-corrected chi connectivity index (χ1v) is 10.0. The summed E-state index contributed by atoms with van der Waals surface area (Å²) in [7, 11) is 0. The molecule has 0 aliphatic rings. The normalized spacial score (nSPS) is 9.87. The van der Waals surface area contributed by atoms with Crippen molar-refractivity contribution in [1.82, 2.24) is 0 Å². The molecule has 2 aromatic carbocycles. The van der Waals surface area contributed by atoms with E-state index in [2.05, 4.69) is 60.7 Å². The molecule has 0 saturated heterocycles. The molecule has 15 heavy (non-hydrogen) atoms. The summed E-state index contributed by atoms with van der Waals surface area (Å²) in [6.07, 6.45) is 0. The molecule has 0 fully saturated rings. The molecule has 0 aliphatic carbocycles. The molecule has 0 spiro atoms. The first-order valence-electron chi connectivity index (χ1n) is 5.34. The van der Waals surface area contributed by atoms with E-state index in [9.17, 15) is 0 Å². The molecule has 1 radical (unpaired) electrons. The molecule has 0 N–H and O–H groups in total. The van der Waals surface area contributed by atoms with E-state index in [1.165, 1.54) is 19.5 Å². The van der Waals surface area contributed by atoms with Crippen LogP contribution in [0.4, 0.5) is 0 Å². The summed E-state index contributed by atoms with van der Waals surface area (Å²) < 4.78 is 2.73. The molecule has 0 saturated carbocycles. The van der Waals surface area contributed by atoms with Crippen molar-refractivity contribution in [1.29, 1.82) is 0 Å². The van der Waals surface area contributed by atoms with E-state index in [0.29, 0.717) is 0 Å². The summed E-state index contributed by atoms with van der Waals surface area (Å²) in [6, 6.07) is 21.7. The summed E-state index contributed by atoms with van der Waals surface area (Å²) in [5.41, 5.74) is 3.05. The Bertz CT molecular complexity index is 346. The zero-order valence-electron chi connectivity index (χ0n) is 9.77. The van der Waals surface area contributed by atoms with Crippen LogP contribution >= 0.6 is 0 Å². The molecule has 0 unspecified atom stereocenters. The van der Waals surface area contributed by atoms with E-state index in [4.69, 9.17) is 0 Å². The minimum absolute atomic E-state index is 0. The zero-order chi connectivity index (χ0) is 10.3. The summed E-state index contributed by atoms with van der Waals surface area (Å²) in [5.74, 6) is 0. The van der Waals surface area contributed by atoms with Gasteiger partial charge in [0, 0.05) is 0 Å². The van der Waals surface area contributed by atoms with E-state index in [1.807, 2.05) is 0 Å². The fraction of sp³-hybridized carbons (Fsp3) is 0.143. The van der Waals surface area contributed by atoms with Gasteiger partial charge in [0.15, 0.2) is 0 Å². The Morgan fingerprint density at radius 1 is 0.667 bits per heavy atom. The second-order valence-electron chi connectivity index (χ2n) is 3.67. The van der Waals surface area contributed by atoms with Crippen molar-refractivity contribution < 1.29 is 1.43 Å².